The summed E-state index contributed by atoms with van der Waals surface area (Å²) < 4.78 is 13.3. The van der Waals surface area contributed by atoms with Gasteiger partial charge in [-0.1, -0.05) is 0 Å². The lowest BCUT2D eigenvalue weighted by Gasteiger charge is -2.13. The fourth-order valence-electron chi connectivity index (χ4n) is 3.28. The first-order valence-corrected chi connectivity index (χ1v) is 8.04. The van der Waals surface area contributed by atoms with Crippen LogP contribution in [0.2, 0.25) is 0 Å². The zero-order chi connectivity index (χ0) is 15.7. The second-order valence-corrected chi connectivity index (χ2v) is 5.94. The van der Waals surface area contributed by atoms with Crippen LogP contribution in [0.1, 0.15) is 48.7 Å². The molecule has 1 heterocycles. The minimum absolute atomic E-state index is 0.261. The topological polar surface area (TPSA) is 40.5 Å². The number of fused-ring (bicyclic) bond motifs is 1. The maximum absolute atomic E-state index is 12.3. The summed E-state index contributed by atoms with van der Waals surface area (Å²) in [4.78, 5) is 12.3. The molecule has 0 bridgehead atoms. The number of rotatable bonds is 4. The molecular weight excluding hydrogens is 278 g/mol. The molecule has 0 radical (unpaired) electrons. The molecule has 3 rings (SSSR count). The first-order valence-electron chi connectivity index (χ1n) is 8.04. The Balaban J connectivity index is 2.01. The van der Waals surface area contributed by atoms with Crippen molar-refractivity contribution in [2.45, 2.75) is 45.6 Å². The van der Waals surface area contributed by atoms with Gasteiger partial charge >= 0.3 is 5.97 Å². The standard InChI is InChI=1S/C18H23NO3/c1-4-21-18(20)17-12(2)19(3)16-10-9-14(11-15(16)17)22-13-7-5-6-8-13/h9-11,13H,4-8H2,1-3H3. The molecule has 0 atom stereocenters. The molecule has 4 nitrogen and oxygen atoms in total. The van der Waals surface area contributed by atoms with E-state index in [-0.39, 0.29) is 5.97 Å². The van der Waals surface area contributed by atoms with Gasteiger partial charge in [-0.25, -0.2) is 4.79 Å². The van der Waals surface area contributed by atoms with E-state index in [0.717, 1.165) is 35.2 Å². The van der Waals surface area contributed by atoms with E-state index < -0.39 is 0 Å². The molecule has 1 aliphatic rings. The Morgan fingerprint density at radius 3 is 2.73 bits per heavy atom. The van der Waals surface area contributed by atoms with Crippen molar-refractivity contribution in [1.29, 1.82) is 0 Å². The Labute approximate surface area is 131 Å². The molecule has 22 heavy (non-hydrogen) atoms. The van der Waals surface area contributed by atoms with Crippen LogP contribution in [0.25, 0.3) is 10.9 Å². The molecule has 1 saturated carbocycles. The van der Waals surface area contributed by atoms with E-state index in [9.17, 15) is 4.79 Å². The fourth-order valence-corrected chi connectivity index (χ4v) is 3.28. The van der Waals surface area contributed by atoms with Crippen LogP contribution in [0.3, 0.4) is 0 Å². The normalized spacial score (nSPS) is 15.4. The molecule has 118 valence electrons. The summed E-state index contributed by atoms with van der Waals surface area (Å²) in [5.41, 5.74) is 2.60. The summed E-state index contributed by atoms with van der Waals surface area (Å²) in [6, 6.07) is 6.00. The maximum atomic E-state index is 12.3. The van der Waals surface area contributed by atoms with Crippen LogP contribution in [-0.2, 0) is 11.8 Å². The number of esters is 1. The van der Waals surface area contributed by atoms with E-state index in [1.807, 2.05) is 43.7 Å². The van der Waals surface area contributed by atoms with Crippen molar-refractivity contribution in [2.75, 3.05) is 6.61 Å². The Morgan fingerprint density at radius 1 is 1.32 bits per heavy atom. The first kappa shape index (κ1) is 14.9. The van der Waals surface area contributed by atoms with Crippen LogP contribution in [-0.4, -0.2) is 23.2 Å². The highest BCUT2D eigenvalue weighted by Gasteiger charge is 2.21. The van der Waals surface area contributed by atoms with Gasteiger partial charge in [0.1, 0.15) is 5.75 Å². The van der Waals surface area contributed by atoms with Crippen LogP contribution in [0.5, 0.6) is 5.75 Å². The van der Waals surface area contributed by atoms with E-state index in [4.69, 9.17) is 9.47 Å². The molecule has 1 aliphatic carbocycles. The molecule has 0 N–H and O–H groups in total. The van der Waals surface area contributed by atoms with Gasteiger partial charge in [0.25, 0.3) is 0 Å². The van der Waals surface area contributed by atoms with Gasteiger partial charge in [-0.15, -0.1) is 0 Å². The molecule has 1 aromatic carbocycles. The minimum atomic E-state index is -0.261. The Bertz CT molecular complexity index is 696. The van der Waals surface area contributed by atoms with Crippen molar-refractivity contribution in [3.05, 3.63) is 29.5 Å². The third-order valence-corrected chi connectivity index (χ3v) is 4.55. The molecule has 2 aromatic rings. The largest absolute Gasteiger partial charge is 0.490 e. The number of benzene rings is 1. The van der Waals surface area contributed by atoms with Gasteiger partial charge in [0, 0.05) is 23.6 Å². The van der Waals surface area contributed by atoms with Crippen molar-refractivity contribution >= 4 is 16.9 Å². The second kappa shape index (κ2) is 6.03. The van der Waals surface area contributed by atoms with E-state index in [1.54, 1.807) is 0 Å². The van der Waals surface area contributed by atoms with Gasteiger partial charge in [0.2, 0.25) is 0 Å². The predicted molar refractivity (Wildman–Crippen MR) is 86.5 cm³/mol. The highest BCUT2D eigenvalue weighted by atomic mass is 16.5. The van der Waals surface area contributed by atoms with Gasteiger partial charge in [-0.05, 0) is 57.7 Å². The average molecular weight is 301 g/mol. The average Bonchev–Trinajstić information content (AvgIpc) is 3.07. The van der Waals surface area contributed by atoms with Gasteiger partial charge < -0.3 is 14.0 Å². The van der Waals surface area contributed by atoms with Gasteiger partial charge in [0.05, 0.1) is 18.3 Å². The molecule has 1 fully saturated rings. The summed E-state index contributed by atoms with van der Waals surface area (Å²) in [5.74, 6) is 0.583. The lowest BCUT2D eigenvalue weighted by Crippen LogP contribution is -2.10. The highest BCUT2D eigenvalue weighted by Crippen LogP contribution is 2.31. The summed E-state index contributed by atoms with van der Waals surface area (Å²) in [7, 11) is 1.97. The number of nitrogens with zero attached hydrogens (tertiary/aromatic N) is 1. The molecule has 0 amide bonds. The maximum Gasteiger partial charge on any atom is 0.340 e. The van der Waals surface area contributed by atoms with Crippen LogP contribution in [0.4, 0.5) is 0 Å². The number of hydrogen-bond acceptors (Lipinski definition) is 3. The molecule has 4 heteroatoms. The van der Waals surface area contributed by atoms with Crippen LogP contribution >= 0.6 is 0 Å². The van der Waals surface area contributed by atoms with Crippen molar-refractivity contribution in [2.24, 2.45) is 7.05 Å². The summed E-state index contributed by atoms with van der Waals surface area (Å²) in [5, 5.41) is 0.911. The molecule has 1 aromatic heterocycles. The lowest BCUT2D eigenvalue weighted by molar-refractivity contribution is 0.0527. The van der Waals surface area contributed by atoms with Crippen molar-refractivity contribution in [3.63, 3.8) is 0 Å². The Kier molecular flexibility index (Phi) is 4.10. The zero-order valence-electron chi connectivity index (χ0n) is 13.5. The van der Waals surface area contributed by atoms with E-state index in [2.05, 4.69) is 0 Å². The van der Waals surface area contributed by atoms with Gasteiger partial charge in [0.15, 0.2) is 0 Å². The van der Waals surface area contributed by atoms with Gasteiger partial charge in [-0.3, -0.25) is 0 Å². The Morgan fingerprint density at radius 2 is 2.05 bits per heavy atom. The second-order valence-electron chi connectivity index (χ2n) is 5.94. The predicted octanol–water partition coefficient (Wildman–Crippen LogP) is 3.98. The molecule has 0 aliphatic heterocycles. The SMILES string of the molecule is CCOC(=O)c1c(C)n(C)c2ccc(OC3CCCC3)cc12. The zero-order valence-corrected chi connectivity index (χ0v) is 13.5. The van der Waals surface area contributed by atoms with Crippen molar-refractivity contribution < 1.29 is 14.3 Å². The Hall–Kier alpha value is -1.97. The summed E-state index contributed by atoms with van der Waals surface area (Å²) in [6.45, 7) is 4.16. The molecular formula is C18H23NO3. The third-order valence-electron chi connectivity index (χ3n) is 4.55. The van der Waals surface area contributed by atoms with E-state index in [0.29, 0.717) is 18.3 Å². The quantitative estimate of drug-likeness (QED) is 0.802. The van der Waals surface area contributed by atoms with E-state index >= 15 is 0 Å². The number of carbonyl (C=O) groups excluding carboxylic acids is 1. The minimum Gasteiger partial charge on any atom is -0.490 e. The first-order chi connectivity index (χ1) is 10.6. The van der Waals surface area contributed by atoms with Crippen molar-refractivity contribution in [1.82, 2.24) is 4.57 Å². The third kappa shape index (κ3) is 2.58. The van der Waals surface area contributed by atoms with E-state index in [1.165, 1.54) is 12.8 Å². The number of aromatic nitrogens is 1. The molecule has 0 spiro atoms. The number of ether oxygens (including phenoxy) is 2. The molecule has 0 saturated heterocycles. The van der Waals surface area contributed by atoms with Crippen molar-refractivity contribution in [3.8, 4) is 5.75 Å². The van der Waals surface area contributed by atoms with Crippen LogP contribution < -0.4 is 4.74 Å². The van der Waals surface area contributed by atoms with Crippen LogP contribution in [0, 0.1) is 6.92 Å². The summed E-state index contributed by atoms with van der Waals surface area (Å²) >= 11 is 0. The monoisotopic (exact) mass is 301 g/mol. The number of carbonyl (C=O) groups is 1. The lowest BCUT2D eigenvalue weighted by atomic mass is 10.1. The summed E-state index contributed by atoms with van der Waals surface area (Å²) in [6.07, 6.45) is 5.04. The smallest absolute Gasteiger partial charge is 0.340 e. The van der Waals surface area contributed by atoms with Gasteiger partial charge in [-0.2, -0.15) is 0 Å². The number of hydrogen-bond donors (Lipinski definition) is 0. The molecule has 0 unspecified atom stereocenters. The van der Waals surface area contributed by atoms with Crippen LogP contribution in [0.15, 0.2) is 18.2 Å². The fraction of sp³-hybridized carbons (Fsp3) is 0.500. The number of aryl methyl sites for hydroxylation is 1. The highest BCUT2D eigenvalue weighted by molar-refractivity contribution is 6.06.